The smallest absolute Gasteiger partial charge is 0.229 e. The molecular formula is C15H23N3O. The van der Waals surface area contributed by atoms with Crippen molar-refractivity contribution in [2.75, 3.05) is 5.32 Å². The number of anilines is 1. The minimum absolute atomic E-state index is 0.122. The van der Waals surface area contributed by atoms with Gasteiger partial charge < -0.3 is 4.98 Å². The van der Waals surface area contributed by atoms with E-state index in [0.29, 0.717) is 23.2 Å². The van der Waals surface area contributed by atoms with Crippen molar-refractivity contribution in [3.8, 4) is 0 Å². The van der Waals surface area contributed by atoms with Crippen LogP contribution in [0.25, 0.3) is 0 Å². The topological polar surface area (TPSA) is 57.8 Å². The molecule has 2 aliphatic rings. The number of carbonyl (C=O) groups is 1. The third-order valence-corrected chi connectivity index (χ3v) is 4.59. The van der Waals surface area contributed by atoms with E-state index in [-0.39, 0.29) is 11.8 Å². The first-order valence-electron chi connectivity index (χ1n) is 7.29. The van der Waals surface area contributed by atoms with Gasteiger partial charge in [-0.25, -0.2) is 4.98 Å². The van der Waals surface area contributed by atoms with E-state index in [9.17, 15) is 4.79 Å². The van der Waals surface area contributed by atoms with Gasteiger partial charge >= 0.3 is 0 Å². The first-order chi connectivity index (χ1) is 8.93. The van der Waals surface area contributed by atoms with Gasteiger partial charge in [0.15, 0.2) is 0 Å². The first kappa shape index (κ1) is 12.7. The van der Waals surface area contributed by atoms with Crippen molar-refractivity contribution >= 4 is 11.9 Å². The highest BCUT2D eigenvalue weighted by atomic mass is 16.2. The van der Waals surface area contributed by atoms with Crippen LogP contribution in [0.5, 0.6) is 0 Å². The molecule has 0 spiro atoms. The highest BCUT2D eigenvalue weighted by molar-refractivity contribution is 5.91. The van der Waals surface area contributed by atoms with E-state index >= 15 is 0 Å². The molecule has 0 unspecified atom stereocenters. The average molecular weight is 261 g/mol. The Labute approximate surface area is 114 Å². The van der Waals surface area contributed by atoms with Crippen molar-refractivity contribution in [3.63, 3.8) is 0 Å². The van der Waals surface area contributed by atoms with Crippen molar-refractivity contribution in [1.82, 2.24) is 9.97 Å². The Hall–Kier alpha value is -1.32. The number of carbonyl (C=O) groups excluding carboxylic acids is 1. The Morgan fingerprint density at radius 2 is 2.05 bits per heavy atom. The lowest BCUT2D eigenvalue weighted by Crippen LogP contribution is -2.40. The van der Waals surface area contributed by atoms with Gasteiger partial charge in [-0.3, -0.25) is 10.1 Å². The van der Waals surface area contributed by atoms with Gasteiger partial charge in [-0.1, -0.05) is 20.8 Å². The van der Waals surface area contributed by atoms with Crippen LogP contribution in [0.1, 0.15) is 58.1 Å². The number of amides is 1. The minimum Gasteiger partial charge on any atom is -0.328 e. The summed E-state index contributed by atoms with van der Waals surface area (Å²) in [6.07, 6.45) is 6.35. The van der Waals surface area contributed by atoms with Gasteiger partial charge in [-0.15, -0.1) is 0 Å². The van der Waals surface area contributed by atoms with E-state index in [1.54, 1.807) is 0 Å². The van der Waals surface area contributed by atoms with Gasteiger partial charge in [-0.05, 0) is 37.0 Å². The van der Waals surface area contributed by atoms with Crippen molar-refractivity contribution in [1.29, 1.82) is 0 Å². The monoisotopic (exact) mass is 261 g/mol. The van der Waals surface area contributed by atoms with Crippen LogP contribution in [0.2, 0.25) is 0 Å². The number of nitrogens with one attached hydrogen (secondary N) is 2. The van der Waals surface area contributed by atoms with Crippen LogP contribution >= 0.6 is 0 Å². The third kappa shape index (κ3) is 2.67. The summed E-state index contributed by atoms with van der Waals surface area (Å²) in [5.74, 6) is 2.22. The maximum absolute atomic E-state index is 12.1. The molecule has 0 bridgehead atoms. The van der Waals surface area contributed by atoms with Crippen LogP contribution in [0.15, 0.2) is 6.20 Å². The number of rotatable bonds is 3. The van der Waals surface area contributed by atoms with Gasteiger partial charge in [0, 0.05) is 17.5 Å². The molecule has 0 radical (unpaired) electrons. The number of aromatic amines is 1. The minimum atomic E-state index is 0.122. The number of nitrogens with zero attached hydrogens (tertiary/aromatic N) is 1. The summed E-state index contributed by atoms with van der Waals surface area (Å²) in [5.41, 5.74) is 1.48. The van der Waals surface area contributed by atoms with Crippen LogP contribution in [-0.2, 0) is 4.79 Å². The zero-order valence-corrected chi connectivity index (χ0v) is 12.0. The standard InChI is InChI=1S/C15H23N3O/c1-15(2,3)11-6-10(7-11)13(19)18-14-16-8-12(17-14)9-4-5-9/h8-11H,4-7H2,1-3H3,(H2,16,17,18,19). The normalized spacial score (nSPS) is 26.9. The van der Waals surface area contributed by atoms with Crippen molar-refractivity contribution in [3.05, 3.63) is 11.9 Å². The van der Waals surface area contributed by atoms with E-state index in [0.717, 1.165) is 18.5 Å². The lowest BCUT2D eigenvalue weighted by atomic mass is 9.63. The van der Waals surface area contributed by atoms with Crippen molar-refractivity contribution < 1.29 is 4.79 Å². The highest BCUT2D eigenvalue weighted by Crippen LogP contribution is 2.45. The molecule has 1 aromatic heterocycles. The van der Waals surface area contributed by atoms with E-state index < -0.39 is 0 Å². The Kier molecular flexibility index (Phi) is 2.91. The van der Waals surface area contributed by atoms with Crippen LogP contribution in [0.4, 0.5) is 5.95 Å². The van der Waals surface area contributed by atoms with E-state index in [1.165, 1.54) is 12.8 Å². The highest BCUT2D eigenvalue weighted by Gasteiger charge is 2.40. The second-order valence-corrected chi connectivity index (χ2v) is 7.18. The summed E-state index contributed by atoms with van der Waals surface area (Å²) < 4.78 is 0. The molecule has 3 rings (SSSR count). The second kappa shape index (κ2) is 4.36. The third-order valence-electron chi connectivity index (χ3n) is 4.59. The molecule has 1 amide bonds. The maximum atomic E-state index is 12.1. The summed E-state index contributed by atoms with van der Waals surface area (Å²) >= 11 is 0. The molecule has 1 aromatic rings. The predicted octanol–water partition coefficient (Wildman–Crippen LogP) is 3.30. The summed E-state index contributed by atoms with van der Waals surface area (Å²) in [4.78, 5) is 19.5. The molecule has 0 atom stereocenters. The van der Waals surface area contributed by atoms with Gasteiger partial charge in [0.05, 0.1) is 6.20 Å². The van der Waals surface area contributed by atoms with Crippen molar-refractivity contribution in [2.45, 2.75) is 52.4 Å². The van der Waals surface area contributed by atoms with Gasteiger partial charge in [0.1, 0.15) is 0 Å². The van der Waals surface area contributed by atoms with Crippen LogP contribution in [0.3, 0.4) is 0 Å². The molecule has 1 heterocycles. The Morgan fingerprint density at radius 3 is 2.63 bits per heavy atom. The largest absolute Gasteiger partial charge is 0.328 e. The number of hydrogen-bond acceptors (Lipinski definition) is 2. The second-order valence-electron chi connectivity index (χ2n) is 7.18. The molecule has 19 heavy (non-hydrogen) atoms. The predicted molar refractivity (Wildman–Crippen MR) is 74.9 cm³/mol. The molecule has 2 aliphatic carbocycles. The fourth-order valence-electron chi connectivity index (χ4n) is 2.76. The average Bonchev–Trinajstić information content (AvgIpc) is 2.96. The van der Waals surface area contributed by atoms with E-state index in [4.69, 9.17) is 0 Å². The van der Waals surface area contributed by atoms with Crippen LogP contribution in [-0.4, -0.2) is 15.9 Å². The lowest BCUT2D eigenvalue weighted by molar-refractivity contribution is -0.125. The van der Waals surface area contributed by atoms with Gasteiger partial charge in [0.25, 0.3) is 0 Å². The molecule has 0 saturated heterocycles. The molecule has 0 aromatic carbocycles. The molecule has 2 fully saturated rings. The zero-order chi connectivity index (χ0) is 13.6. The molecule has 2 N–H and O–H groups in total. The summed E-state index contributed by atoms with van der Waals surface area (Å²) in [6.45, 7) is 6.75. The van der Waals surface area contributed by atoms with Crippen LogP contribution < -0.4 is 5.32 Å². The lowest BCUT2D eigenvalue weighted by Gasteiger charge is -2.42. The molecule has 4 nitrogen and oxygen atoms in total. The molecular weight excluding hydrogens is 238 g/mol. The van der Waals surface area contributed by atoms with Gasteiger partial charge in [0.2, 0.25) is 11.9 Å². The van der Waals surface area contributed by atoms with Gasteiger partial charge in [-0.2, -0.15) is 0 Å². The summed E-state index contributed by atoms with van der Waals surface area (Å²) in [5, 5.41) is 2.91. The van der Waals surface area contributed by atoms with E-state index in [2.05, 4.69) is 36.1 Å². The SMILES string of the molecule is CC(C)(C)C1CC(C(=O)Nc2ncc(C3CC3)[nH]2)C1. The van der Waals surface area contributed by atoms with Crippen molar-refractivity contribution in [2.24, 2.45) is 17.3 Å². The molecule has 4 heteroatoms. The number of hydrogen-bond donors (Lipinski definition) is 2. The Balaban J connectivity index is 1.51. The Morgan fingerprint density at radius 1 is 1.37 bits per heavy atom. The quantitative estimate of drug-likeness (QED) is 0.877. The van der Waals surface area contributed by atoms with Crippen LogP contribution in [0, 0.1) is 17.3 Å². The number of imidazole rings is 1. The number of aromatic nitrogens is 2. The fourth-order valence-corrected chi connectivity index (χ4v) is 2.76. The zero-order valence-electron chi connectivity index (χ0n) is 12.0. The molecule has 2 saturated carbocycles. The fraction of sp³-hybridized carbons (Fsp3) is 0.733. The maximum Gasteiger partial charge on any atom is 0.229 e. The summed E-state index contributed by atoms with van der Waals surface area (Å²) in [6, 6.07) is 0. The number of H-pyrrole nitrogens is 1. The Bertz CT molecular complexity index is 476. The molecule has 0 aliphatic heterocycles. The van der Waals surface area contributed by atoms with E-state index in [1.807, 2.05) is 6.20 Å². The first-order valence-corrected chi connectivity index (χ1v) is 7.29. The summed E-state index contributed by atoms with van der Waals surface area (Å²) in [7, 11) is 0. The molecule has 104 valence electrons.